The van der Waals surface area contributed by atoms with Gasteiger partial charge in [-0.05, 0) is 49.7 Å². The third-order valence-corrected chi connectivity index (χ3v) is 6.98. The van der Waals surface area contributed by atoms with E-state index in [2.05, 4.69) is 13.8 Å². The van der Waals surface area contributed by atoms with Crippen LogP contribution in [-0.4, -0.2) is 47.1 Å². The van der Waals surface area contributed by atoms with Crippen LogP contribution in [0.25, 0.3) is 0 Å². The number of piperidine rings is 1. The summed E-state index contributed by atoms with van der Waals surface area (Å²) < 4.78 is 0. The fraction of sp³-hybridized carbons (Fsp3) is 0.619. The van der Waals surface area contributed by atoms with E-state index in [1.807, 2.05) is 38.1 Å². The largest absolute Gasteiger partial charge is 0.378 e. The molecule has 1 aromatic rings. The number of fused-ring (bicyclic) bond motifs is 2. The Morgan fingerprint density at radius 2 is 1.77 bits per heavy atom. The summed E-state index contributed by atoms with van der Waals surface area (Å²) in [5, 5.41) is 11.0. The highest BCUT2D eigenvalue weighted by molar-refractivity contribution is 6.08. The van der Waals surface area contributed by atoms with Crippen molar-refractivity contribution < 1.29 is 14.7 Å². The maximum absolute atomic E-state index is 12.9. The number of rotatable bonds is 3. The van der Waals surface area contributed by atoms with Crippen LogP contribution in [0.4, 0.5) is 5.69 Å². The van der Waals surface area contributed by atoms with E-state index in [4.69, 9.17) is 0 Å². The zero-order valence-electron chi connectivity index (χ0n) is 16.2. The minimum absolute atomic E-state index is 0.0136. The molecule has 1 saturated carbocycles. The number of hydrogen-bond donors (Lipinski definition) is 1. The number of carbonyl (C=O) groups is 2. The molecule has 3 atom stereocenters. The monoisotopic (exact) mass is 356 g/mol. The van der Waals surface area contributed by atoms with Crippen molar-refractivity contribution in [3.8, 4) is 0 Å². The summed E-state index contributed by atoms with van der Waals surface area (Å²) in [6, 6.07) is 7.63. The third kappa shape index (κ3) is 2.26. The summed E-state index contributed by atoms with van der Waals surface area (Å²) in [6.07, 6.45) is 0. The lowest BCUT2D eigenvalue weighted by atomic mass is 9.86. The van der Waals surface area contributed by atoms with Crippen LogP contribution in [0.15, 0.2) is 24.3 Å². The minimum atomic E-state index is -1.59. The highest BCUT2D eigenvalue weighted by Crippen LogP contribution is 2.62. The smallest absolute Gasteiger partial charge is 0.256 e. The minimum Gasteiger partial charge on any atom is -0.378 e. The van der Waals surface area contributed by atoms with Crippen LogP contribution < -0.4 is 4.90 Å². The second-order valence-electron chi connectivity index (χ2n) is 9.55. The number of nitrogens with zero attached hydrogens (tertiary/aromatic N) is 2. The molecule has 3 aliphatic rings. The van der Waals surface area contributed by atoms with Crippen LogP contribution in [-0.2, 0) is 15.0 Å². The molecule has 2 aliphatic heterocycles. The molecule has 26 heavy (non-hydrogen) atoms. The van der Waals surface area contributed by atoms with Gasteiger partial charge in [0, 0.05) is 18.8 Å². The first-order chi connectivity index (χ1) is 12.0. The topological polar surface area (TPSA) is 60.9 Å². The Bertz CT molecular complexity index is 782. The number of anilines is 1. The number of carbonyl (C=O) groups excluding carboxylic acids is 2. The molecule has 0 spiro atoms. The molecular weight excluding hydrogens is 328 g/mol. The Kier molecular flexibility index (Phi) is 3.44. The summed E-state index contributed by atoms with van der Waals surface area (Å²) in [5.41, 5.74) is -0.186. The number of hydrogen-bond acceptors (Lipinski definition) is 3. The number of benzene rings is 1. The molecule has 2 fully saturated rings. The summed E-state index contributed by atoms with van der Waals surface area (Å²) >= 11 is 0. The van der Waals surface area contributed by atoms with E-state index in [0.717, 1.165) is 11.3 Å². The lowest BCUT2D eigenvalue weighted by molar-refractivity contribution is -0.148. The molecule has 0 radical (unpaired) electrons. The van der Waals surface area contributed by atoms with Crippen molar-refractivity contribution in [2.75, 3.05) is 24.5 Å². The molecule has 1 aromatic carbocycles. The van der Waals surface area contributed by atoms with Crippen LogP contribution in [0, 0.1) is 17.3 Å². The van der Waals surface area contributed by atoms with Crippen molar-refractivity contribution >= 4 is 17.5 Å². The van der Waals surface area contributed by atoms with Crippen LogP contribution in [0.5, 0.6) is 0 Å². The lowest BCUT2D eigenvalue weighted by Gasteiger charge is -2.33. The second kappa shape index (κ2) is 5.10. The summed E-state index contributed by atoms with van der Waals surface area (Å²) in [6.45, 7) is 11.2. The molecule has 5 heteroatoms. The quantitative estimate of drug-likeness (QED) is 0.903. The van der Waals surface area contributed by atoms with Gasteiger partial charge in [-0.3, -0.25) is 9.59 Å². The predicted molar refractivity (Wildman–Crippen MR) is 99.8 cm³/mol. The summed E-state index contributed by atoms with van der Waals surface area (Å²) in [5.74, 6) is 0.735. The normalized spacial score (nSPS) is 30.0. The number of β-amino-alcohol motifs (C(OH)–C–C–N with tert-alkyl or cyclic N) is 1. The third-order valence-electron chi connectivity index (χ3n) is 6.98. The van der Waals surface area contributed by atoms with Crippen LogP contribution >= 0.6 is 0 Å². The first-order valence-electron chi connectivity index (χ1n) is 9.41. The molecule has 1 saturated heterocycles. The first-order valence-corrected chi connectivity index (χ1v) is 9.41. The van der Waals surface area contributed by atoms with E-state index in [0.29, 0.717) is 30.3 Å². The average molecular weight is 356 g/mol. The van der Waals surface area contributed by atoms with E-state index < -0.39 is 11.0 Å². The second-order valence-corrected chi connectivity index (χ2v) is 9.55. The van der Waals surface area contributed by atoms with E-state index in [1.54, 1.807) is 9.80 Å². The van der Waals surface area contributed by atoms with E-state index >= 15 is 0 Å². The van der Waals surface area contributed by atoms with Gasteiger partial charge < -0.3 is 14.9 Å². The van der Waals surface area contributed by atoms with Gasteiger partial charge in [-0.15, -0.1) is 0 Å². The van der Waals surface area contributed by atoms with Gasteiger partial charge >= 0.3 is 0 Å². The lowest BCUT2D eigenvalue weighted by Crippen LogP contribution is -2.55. The highest BCUT2D eigenvalue weighted by atomic mass is 16.3. The molecule has 140 valence electrons. The molecule has 2 amide bonds. The molecule has 5 nitrogen and oxygen atoms in total. The fourth-order valence-electron chi connectivity index (χ4n) is 4.97. The average Bonchev–Trinajstić information content (AvgIpc) is 2.93. The van der Waals surface area contributed by atoms with E-state index in [9.17, 15) is 14.7 Å². The number of aliphatic hydroxyl groups is 1. The van der Waals surface area contributed by atoms with Crippen LogP contribution in [0.1, 0.15) is 40.2 Å². The molecule has 1 N–H and O–H groups in total. The maximum atomic E-state index is 12.9. The number of amides is 2. The Morgan fingerprint density at radius 1 is 1.19 bits per heavy atom. The highest BCUT2D eigenvalue weighted by Gasteiger charge is 2.63. The zero-order valence-corrected chi connectivity index (χ0v) is 16.2. The number of likely N-dealkylation sites (tertiary alicyclic amines) is 1. The van der Waals surface area contributed by atoms with Crippen molar-refractivity contribution in [2.24, 2.45) is 17.3 Å². The van der Waals surface area contributed by atoms with Gasteiger partial charge in [-0.25, -0.2) is 0 Å². The van der Waals surface area contributed by atoms with Crippen molar-refractivity contribution in [1.82, 2.24) is 4.90 Å². The van der Waals surface area contributed by atoms with Crippen LogP contribution in [0.2, 0.25) is 0 Å². The van der Waals surface area contributed by atoms with Gasteiger partial charge in [0.05, 0.1) is 12.0 Å². The standard InChI is InChI=1S/C21H28N2O3/c1-19(2)14-10-22(11-15(14)19)18(25)21(5,26)12-23-16-9-7-6-8-13(16)20(3,4)17(23)24/h6-9,14-15,26H,10-12H2,1-5H3. The zero-order chi connectivity index (χ0) is 19.1. The Labute approximate surface area is 155 Å². The van der Waals surface area contributed by atoms with Crippen molar-refractivity contribution in [3.63, 3.8) is 0 Å². The van der Waals surface area contributed by atoms with Crippen molar-refractivity contribution in [3.05, 3.63) is 29.8 Å². The SMILES string of the molecule is CC(O)(CN1C(=O)C(C)(C)c2ccccc21)C(=O)N1CC2C(C1)C2(C)C. The summed E-state index contributed by atoms with van der Waals surface area (Å²) in [7, 11) is 0. The van der Waals surface area contributed by atoms with Gasteiger partial charge in [0.2, 0.25) is 5.91 Å². The summed E-state index contributed by atoms with van der Waals surface area (Å²) in [4.78, 5) is 29.2. The predicted octanol–water partition coefficient (Wildman–Crippen LogP) is 2.18. The maximum Gasteiger partial charge on any atom is 0.256 e. The fourth-order valence-corrected chi connectivity index (χ4v) is 4.97. The molecule has 0 aromatic heterocycles. The number of para-hydroxylation sites is 1. The van der Waals surface area contributed by atoms with Gasteiger partial charge in [-0.2, -0.15) is 0 Å². The molecule has 1 aliphatic carbocycles. The van der Waals surface area contributed by atoms with Gasteiger partial charge in [-0.1, -0.05) is 32.0 Å². The van der Waals surface area contributed by atoms with Gasteiger partial charge in [0.25, 0.3) is 5.91 Å². The Hall–Kier alpha value is -1.88. The molecule has 3 unspecified atom stereocenters. The van der Waals surface area contributed by atoms with Crippen molar-refractivity contribution in [2.45, 2.75) is 45.6 Å². The van der Waals surface area contributed by atoms with Crippen LogP contribution in [0.3, 0.4) is 0 Å². The van der Waals surface area contributed by atoms with Gasteiger partial charge in [0.1, 0.15) is 0 Å². The van der Waals surface area contributed by atoms with Gasteiger partial charge in [0.15, 0.2) is 5.60 Å². The Morgan fingerprint density at radius 3 is 2.38 bits per heavy atom. The van der Waals surface area contributed by atoms with Crippen molar-refractivity contribution in [1.29, 1.82) is 0 Å². The van der Waals surface area contributed by atoms with E-state index in [1.165, 1.54) is 6.92 Å². The molecular formula is C21H28N2O3. The first kappa shape index (κ1) is 17.5. The van der Waals surface area contributed by atoms with E-state index in [-0.39, 0.29) is 18.4 Å². The molecule has 4 rings (SSSR count). The molecule has 2 heterocycles. The molecule has 0 bridgehead atoms. The Balaban J connectivity index is 1.53.